The molecule has 2 aromatic rings. The number of aromatic nitrogens is 2. The van der Waals surface area contributed by atoms with Gasteiger partial charge in [-0.05, 0) is 33.8 Å². The van der Waals surface area contributed by atoms with Gasteiger partial charge in [0.05, 0.1) is 17.0 Å². The van der Waals surface area contributed by atoms with Crippen LogP contribution in [0.3, 0.4) is 0 Å². The summed E-state index contributed by atoms with van der Waals surface area (Å²) in [5.74, 6) is 0. The Labute approximate surface area is 127 Å². The zero-order chi connectivity index (χ0) is 15.6. The van der Waals surface area contributed by atoms with Crippen molar-refractivity contribution in [2.45, 2.75) is 39.8 Å². The molecular weight excluding hydrogens is 288 g/mol. The number of nitro benzene ring substituents is 1. The van der Waals surface area contributed by atoms with Gasteiger partial charge in [-0.1, -0.05) is 23.5 Å². The molecule has 21 heavy (non-hydrogen) atoms. The standard InChI is InChI=1S/C14H18N4O2S/c1-9-6-5-7-10(12(9)18(19)20)13-17-16-11(21-13)8-15-14(2,3)4/h5-7,15H,8H2,1-4H3. The number of hydrogen-bond donors (Lipinski definition) is 1. The zero-order valence-electron chi connectivity index (χ0n) is 12.5. The third-order valence-electron chi connectivity index (χ3n) is 2.89. The van der Waals surface area contributed by atoms with Crippen molar-refractivity contribution in [3.63, 3.8) is 0 Å². The van der Waals surface area contributed by atoms with E-state index in [9.17, 15) is 10.1 Å². The highest BCUT2D eigenvalue weighted by Gasteiger charge is 2.21. The number of nitrogens with one attached hydrogen (secondary N) is 1. The minimum absolute atomic E-state index is 0.0127. The van der Waals surface area contributed by atoms with Crippen molar-refractivity contribution < 1.29 is 4.92 Å². The molecule has 0 aliphatic heterocycles. The molecule has 0 spiro atoms. The predicted molar refractivity (Wildman–Crippen MR) is 83.3 cm³/mol. The Morgan fingerprint density at radius 2 is 2.05 bits per heavy atom. The van der Waals surface area contributed by atoms with Crippen LogP contribution < -0.4 is 5.32 Å². The van der Waals surface area contributed by atoms with Crippen molar-refractivity contribution in [2.24, 2.45) is 0 Å². The Morgan fingerprint density at radius 3 is 2.67 bits per heavy atom. The molecule has 6 nitrogen and oxygen atoms in total. The molecule has 2 rings (SSSR count). The van der Waals surface area contributed by atoms with Gasteiger partial charge in [-0.3, -0.25) is 10.1 Å². The van der Waals surface area contributed by atoms with Crippen LogP contribution in [-0.4, -0.2) is 20.7 Å². The van der Waals surface area contributed by atoms with E-state index in [0.29, 0.717) is 22.7 Å². The lowest BCUT2D eigenvalue weighted by Gasteiger charge is -2.19. The van der Waals surface area contributed by atoms with Gasteiger partial charge in [0.25, 0.3) is 5.69 Å². The number of aryl methyl sites for hydroxylation is 1. The van der Waals surface area contributed by atoms with Crippen molar-refractivity contribution >= 4 is 17.0 Å². The summed E-state index contributed by atoms with van der Waals surface area (Å²) in [6.45, 7) is 8.53. The lowest BCUT2D eigenvalue weighted by molar-refractivity contribution is -0.384. The second kappa shape index (κ2) is 5.87. The fraction of sp³-hybridized carbons (Fsp3) is 0.429. The molecule has 0 aliphatic carbocycles. The van der Waals surface area contributed by atoms with Gasteiger partial charge in [-0.2, -0.15) is 0 Å². The highest BCUT2D eigenvalue weighted by atomic mass is 32.1. The Balaban J connectivity index is 2.30. The van der Waals surface area contributed by atoms with Crippen LogP contribution in [0.2, 0.25) is 0 Å². The fourth-order valence-electron chi connectivity index (χ4n) is 1.85. The number of rotatable bonds is 4. The molecule has 0 unspecified atom stereocenters. The maximum Gasteiger partial charge on any atom is 0.282 e. The average molecular weight is 306 g/mol. The molecule has 0 amide bonds. The molecule has 0 atom stereocenters. The Bertz CT molecular complexity index is 661. The summed E-state index contributed by atoms with van der Waals surface area (Å²) in [6, 6.07) is 5.24. The number of hydrogen-bond acceptors (Lipinski definition) is 6. The Kier molecular flexibility index (Phi) is 4.34. The van der Waals surface area contributed by atoms with Gasteiger partial charge >= 0.3 is 0 Å². The SMILES string of the molecule is Cc1cccc(-c2nnc(CNC(C)(C)C)s2)c1[N+](=O)[O-]. The van der Waals surface area contributed by atoms with Crippen molar-refractivity contribution in [3.05, 3.63) is 38.9 Å². The Hall–Kier alpha value is -1.86. The van der Waals surface area contributed by atoms with Gasteiger partial charge in [-0.25, -0.2) is 0 Å². The third-order valence-corrected chi connectivity index (χ3v) is 3.84. The molecule has 0 fully saturated rings. The molecule has 0 radical (unpaired) electrons. The highest BCUT2D eigenvalue weighted by Crippen LogP contribution is 2.34. The number of nitrogens with zero attached hydrogens (tertiary/aromatic N) is 3. The number of nitro groups is 1. The lowest BCUT2D eigenvalue weighted by atomic mass is 10.1. The van der Waals surface area contributed by atoms with E-state index in [0.717, 1.165) is 5.01 Å². The molecule has 0 saturated heterocycles. The van der Waals surface area contributed by atoms with Gasteiger partial charge in [0.2, 0.25) is 0 Å². The van der Waals surface area contributed by atoms with Gasteiger partial charge in [0, 0.05) is 11.1 Å². The molecule has 1 aromatic heterocycles. The van der Waals surface area contributed by atoms with Crippen LogP contribution in [0.4, 0.5) is 5.69 Å². The minimum Gasteiger partial charge on any atom is -0.306 e. The molecule has 7 heteroatoms. The first-order valence-corrected chi connectivity index (χ1v) is 7.41. The normalized spacial score (nSPS) is 11.6. The van der Waals surface area contributed by atoms with Crippen molar-refractivity contribution in [3.8, 4) is 10.6 Å². The van der Waals surface area contributed by atoms with Gasteiger partial charge in [0.15, 0.2) is 5.01 Å². The molecule has 0 aliphatic rings. The van der Waals surface area contributed by atoms with E-state index in [1.165, 1.54) is 11.3 Å². The molecule has 112 valence electrons. The second-order valence-corrected chi connectivity index (χ2v) is 6.89. The first-order chi connectivity index (χ1) is 9.78. The molecule has 0 saturated carbocycles. The van der Waals surface area contributed by atoms with Crippen LogP contribution in [0.1, 0.15) is 31.3 Å². The molecular formula is C14H18N4O2S. The molecule has 1 N–H and O–H groups in total. The summed E-state index contributed by atoms with van der Waals surface area (Å²) in [7, 11) is 0. The summed E-state index contributed by atoms with van der Waals surface area (Å²) in [6.07, 6.45) is 0. The number of para-hydroxylation sites is 1. The topological polar surface area (TPSA) is 81.0 Å². The average Bonchev–Trinajstić information content (AvgIpc) is 2.83. The van der Waals surface area contributed by atoms with E-state index >= 15 is 0 Å². The van der Waals surface area contributed by atoms with Crippen LogP contribution in [0, 0.1) is 17.0 Å². The number of benzene rings is 1. The maximum atomic E-state index is 11.2. The largest absolute Gasteiger partial charge is 0.306 e. The van der Waals surface area contributed by atoms with E-state index in [2.05, 4.69) is 36.3 Å². The van der Waals surface area contributed by atoms with E-state index in [-0.39, 0.29) is 16.1 Å². The van der Waals surface area contributed by atoms with Gasteiger partial charge in [0.1, 0.15) is 5.01 Å². The van der Waals surface area contributed by atoms with Gasteiger partial charge < -0.3 is 5.32 Å². The quantitative estimate of drug-likeness (QED) is 0.692. The fourth-order valence-corrected chi connectivity index (χ4v) is 2.65. The Morgan fingerprint density at radius 1 is 1.33 bits per heavy atom. The van der Waals surface area contributed by atoms with Crippen LogP contribution in [0.15, 0.2) is 18.2 Å². The van der Waals surface area contributed by atoms with Crippen LogP contribution in [0.5, 0.6) is 0 Å². The van der Waals surface area contributed by atoms with E-state index < -0.39 is 0 Å². The monoisotopic (exact) mass is 306 g/mol. The van der Waals surface area contributed by atoms with Crippen molar-refractivity contribution in [1.82, 2.24) is 15.5 Å². The minimum atomic E-state index is -0.362. The molecule has 1 aromatic carbocycles. The first kappa shape index (κ1) is 15.5. The van der Waals surface area contributed by atoms with Crippen LogP contribution in [0.25, 0.3) is 10.6 Å². The summed E-state index contributed by atoms with van der Waals surface area (Å²) in [4.78, 5) is 10.9. The molecule has 0 bridgehead atoms. The van der Waals surface area contributed by atoms with Crippen LogP contribution in [-0.2, 0) is 6.54 Å². The summed E-state index contributed by atoms with van der Waals surface area (Å²) in [5, 5.41) is 24.2. The lowest BCUT2D eigenvalue weighted by Crippen LogP contribution is -2.35. The summed E-state index contributed by atoms with van der Waals surface area (Å²) >= 11 is 1.38. The summed E-state index contributed by atoms with van der Waals surface area (Å²) in [5.41, 5.74) is 1.24. The maximum absolute atomic E-state index is 11.2. The predicted octanol–water partition coefficient (Wildman–Crippen LogP) is 3.31. The third kappa shape index (κ3) is 3.83. The second-order valence-electron chi connectivity index (χ2n) is 5.83. The van der Waals surface area contributed by atoms with Crippen molar-refractivity contribution in [1.29, 1.82) is 0 Å². The van der Waals surface area contributed by atoms with E-state index in [4.69, 9.17) is 0 Å². The summed E-state index contributed by atoms with van der Waals surface area (Å²) < 4.78 is 0. The van der Waals surface area contributed by atoms with E-state index in [1.54, 1.807) is 25.1 Å². The first-order valence-electron chi connectivity index (χ1n) is 6.60. The van der Waals surface area contributed by atoms with Crippen molar-refractivity contribution in [2.75, 3.05) is 0 Å². The molecule has 1 heterocycles. The van der Waals surface area contributed by atoms with Crippen LogP contribution >= 0.6 is 11.3 Å². The smallest absolute Gasteiger partial charge is 0.282 e. The van der Waals surface area contributed by atoms with E-state index in [1.807, 2.05) is 0 Å². The highest BCUT2D eigenvalue weighted by molar-refractivity contribution is 7.14. The zero-order valence-corrected chi connectivity index (χ0v) is 13.3. The van der Waals surface area contributed by atoms with Gasteiger partial charge in [-0.15, -0.1) is 10.2 Å².